The molecular formula is C10H15NOSe. The van der Waals surface area contributed by atoms with Crippen molar-refractivity contribution in [3.8, 4) is 0 Å². The molecule has 0 aliphatic heterocycles. The summed E-state index contributed by atoms with van der Waals surface area (Å²) in [6, 6.07) is 8.50. The fourth-order valence-corrected chi connectivity index (χ4v) is 1.89. The van der Waals surface area contributed by atoms with Crippen LogP contribution in [0, 0.1) is 0 Å². The quantitative estimate of drug-likeness (QED) is 0.752. The molecule has 0 heterocycles. The van der Waals surface area contributed by atoms with Gasteiger partial charge >= 0.3 is 85.5 Å². The van der Waals surface area contributed by atoms with Gasteiger partial charge in [0.2, 0.25) is 0 Å². The summed E-state index contributed by atoms with van der Waals surface area (Å²) in [7, 11) is 0. The van der Waals surface area contributed by atoms with Gasteiger partial charge in [0.05, 0.1) is 0 Å². The topological polar surface area (TPSA) is 32.3 Å². The van der Waals surface area contributed by atoms with Gasteiger partial charge in [0.15, 0.2) is 0 Å². The third-order valence-electron chi connectivity index (χ3n) is 1.77. The van der Waals surface area contributed by atoms with Crippen LogP contribution < -0.4 is 9.78 Å². The fraction of sp³-hybridized carbons (Fsp3) is 0.400. The van der Waals surface area contributed by atoms with Crippen molar-refractivity contribution in [1.29, 1.82) is 0 Å². The molecule has 0 saturated heterocycles. The predicted octanol–water partition coefficient (Wildman–Crippen LogP) is 0.421. The second-order valence-corrected chi connectivity index (χ2v) is 4.54. The Morgan fingerprint density at radius 3 is 2.69 bits per heavy atom. The SMILES string of the molecule is CC(C)NCc1ccccc1[Se]O. The van der Waals surface area contributed by atoms with Gasteiger partial charge < -0.3 is 0 Å². The first kappa shape index (κ1) is 10.7. The van der Waals surface area contributed by atoms with Crippen molar-refractivity contribution in [2.24, 2.45) is 0 Å². The summed E-state index contributed by atoms with van der Waals surface area (Å²) in [5.41, 5.74) is 1.21. The van der Waals surface area contributed by atoms with Crippen molar-refractivity contribution < 1.29 is 4.19 Å². The van der Waals surface area contributed by atoms with Crippen LogP contribution in [-0.2, 0) is 6.54 Å². The Bertz CT molecular complexity index is 263. The van der Waals surface area contributed by atoms with E-state index in [2.05, 4.69) is 25.2 Å². The number of hydrogen-bond acceptors (Lipinski definition) is 2. The van der Waals surface area contributed by atoms with Crippen LogP contribution in [0.15, 0.2) is 24.3 Å². The molecule has 0 amide bonds. The van der Waals surface area contributed by atoms with Crippen molar-refractivity contribution >= 4 is 19.7 Å². The first-order valence-corrected chi connectivity index (χ1v) is 5.99. The van der Waals surface area contributed by atoms with E-state index >= 15 is 0 Å². The fourth-order valence-electron chi connectivity index (χ4n) is 1.05. The Morgan fingerprint density at radius 1 is 1.38 bits per heavy atom. The molecule has 2 N–H and O–H groups in total. The molecule has 0 saturated carbocycles. The van der Waals surface area contributed by atoms with E-state index in [1.807, 2.05) is 18.2 Å². The van der Waals surface area contributed by atoms with Gasteiger partial charge in [-0.1, -0.05) is 0 Å². The predicted molar refractivity (Wildman–Crippen MR) is 56.0 cm³/mol. The van der Waals surface area contributed by atoms with Gasteiger partial charge in [0, 0.05) is 0 Å². The van der Waals surface area contributed by atoms with Crippen LogP contribution in [0.4, 0.5) is 0 Å². The second kappa shape index (κ2) is 5.40. The summed E-state index contributed by atoms with van der Waals surface area (Å²) in [6.07, 6.45) is 0. The second-order valence-electron chi connectivity index (χ2n) is 3.23. The van der Waals surface area contributed by atoms with Gasteiger partial charge in [0.1, 0.15) is 0 Å². The Hall–Kier alpha value is -0.341. The summed E-state index contributed by atoms with van der Waals surface area (Å²) >= 11 is -0.394. The summed E-state index contributed by atoms with van der Waals surface area (Å²) in [5.74, 6) is 0. The first-order valence-electron chi connectivity index (χ1n) is 4.36. The van der Waals surface area contributed by atoms with Gasteiger partial charge in [-0.25, -0.2) is 0 Å². The summed E-state index contributed by atoms with van der Waals surface area (Å²) < 4.78 is 10.2. The van der Waals surface area contributed by atoms with Crippen LogP contribution in [0.5, 0.6) is 0 Å². The third-order valence-corrected chi connectivity index (χ3v) is 3.02. The number of benzene rings is 1. The molecule has 1 rings (SSSR count). The Morgan fingerprint density at radius 2 is 2.08 bits per heavy atom. The molecule has 3 heteroatoms. The van der Waals surface area contributed by atoms with Crippen molar-refractivity contribution in [3.05, 3.63) is 29.8 Å². The van der Waals surface area contributed by atoms with Gasteiger partial charge in [0.25, 0.3) is 0 Å². The molecule has 0 fully saturated rings. The van der Waals surface area contributed by atoms with Gasteiger partial charge in [-0.2, -0.15) is 0 Å². The molecule has 0 aliphatic carbocycles. The van der Waals surface area contributed by atoms with Crippen molar-refractivity contribution in [1.82, 2.24) is 5.32 Å². The maximum absolute atomic E-state index is 9.12. The normalized spacial score (nSPS) is 10.8. The van der Waals surface area contributed by atoms with E-state index in [1.165, 1.54) is 5.56 Å². The number of nitrogens with one attached hydrogen (secondary N) is 1. The zero-order chi connectivity index (χ0) is 9.68. The summed E-state index contributed by atoms with van der Waals surface area (Å²) in [6.45, 7) is 5.08. The summed E-state index contributed by atoms with van der Waals surface area (Å²) in [5, 5.41) is 3.34. The molecule has 13 heavy (non-hydrogen) atoms. The Labute approximate surface area is 85.8 Å². The molecule has 72 valence electrons. The molecular weight excluding hydrogens is 229 g/mol. The van der Waals surface area contributed by atoms with E-state index in [-0.39, 0.29) is 0 Å². The van der Waals surface area contributed by atoms with E-state index < -0.39 is 15.3 Å². The van der Waals surface area contributed by atoms with Crippen LogP contribution in [-0.4, -0.2) is 25.5 Å². The molecule has 0 unspecified atom stereocenters. The maximum atomic E-state index is 9.12. The minimum absolute atomic E-state index is 0.394. The van der Waals surface area contributed by atoms with Gasteiger partial charge in [-0.15, -0.1) is 0 Å². The molecule has 1 aromatic rings. The van der Waals surface area contributed by atoms with E-state index in [0.717, 1.165) is 11.0 Å². The van der Waals surface area contributed by atoms with Crippen LogP contribution in [0.3, 0.4) is 0 Å². The molecule has 0 spiro atoms. The standard InChI is InChI=1S/C10H15NOSe/c1-8(2)11-7-9-5-3-4-6-10(9)13-12/h3-6,8,11-12H,7H2,1-2H3. The average molecular weight is 244 g/mol. The molecule has 2 nitrogen and oxygen atoms in total. The minimum atomic E-state index is -0.394. The Balaban J connectivity index is 2.64. The zero-order valence-corrected chi connectivity index (χ0v) is 9.66. The molecule has 0 aliphatic rings. The van der Waals surface area contributed by atoms with Crippen molar-refractivity contribution in [3.63, 3.8) is 0 Å². The van der Waals surface area contributed by atoms with Crippen LogP contribution in [0.25, 0.3) is 0 Å². The Kier molecular flexibility index (Phi) is 4.46. The number of hydrogen-bond donors (Lipinski definition) is 2. The van der Waals surface area contributed by atoms with Crippen LogP contribution in [0.1, 0.15) is 19.4 Å². The van der Waals surface area contributed by atoms with Crippen LogP contribution in [0.2, 0.25) is 0 Å². The van der Waals surface area contributed by atoms with Crippen molar-refractivity contribution in [2.75, 3.05) is 0 Å². The molecule has 1 aromatic carbocycles. The molecule has 0 aromatic heterocycles. The van der Waals surface area contributed by atoms with Crippen LogP contribution >= 0.6 is 0 Å². The van der Waals surface area contributed by atoms with Gasteiger partial charge in [-0.3, -0.25) is 0 Å². The molecule has 0 radical (unpaired) electrons. The average Bonchev–Trinajstić information content (AvgIpc) is 2.15. The van der Waals surface area contributed by atoms with E-state index in [1.54, 1.807) is 0 Å². The van der Waals surface area contributed by atoms with Crippen molar-refractivity contribution in [2.45, 2.75) is 26.4 Å². The van der Waals surface area contributed by atoms with E-state index in [4.69, 9.17) is 4.19 Å². The monoisotopic (exact) mass is 245 g/mol. The van der Waals surface area contributed by atoms with E-state index in [9.17, 15) is 0 Å². The van der Waals surface area contributed by atoms with E-state index in [0.29, 0.717) is 6.04 Å². The number of rotatable bonds is 4. The zero-order valence-electron chi connectivity index (χ0n) is 7.95. The van der Waals surface area contributed by atoms with Gasteiger partial charge in [-0.05, 0) is 0 Å². The third kappa shape index (κ3) is 3.49. The molecule has 0 bridgehead atoms. The summed E-state index contributed by atoms with van der Waals surface area (Å²) in [4.78, 5) is 0. The molecule has 0 atom stereocenters. The first-order chi connectivity index (χ1) is 6.24.